The highest BCUT2D eigenvalue weighted by Crippen LogP contribution is 2.25. The molecule has 0 aliphatic heterocycles. The van der Waals surface area contributed by atoms with Crippen LogP contribution in [0.1, 0.15) is 11.4 Å². The Hall–Kier alpha value is -2.82. The van der Waals surface area contributed by atoms with Crippen LogP contribution < -0.4 is 4.74 Å². The van der Waals surface area contributed by atoms with Gasteiger partial charge >= 0.3 is 0 Å². The fourth-order valence-corrected chi connectivity index (χ4v) is 1.97. The maximum Gasteiger partial charge on any atom is 0.258 e. The number of nitrogens with zero attached hydrogens (tertiary/aromatic N) is 2. The normalized spacial score (nSPS) is 10.5. The number of para-hydroxylation sites is 1. The second-order valence-electron chi connectivity index (χ2n) is 4.62. The van der Waals surface area contributed by atoms with Gasteiger partial charge in [-0.15, -0.1) is 0 Å². The van der Waals surface area contributed by atoms with Crippen LogP contribution in [0, 0.1) is 6.92 Å². The van der Waals surface area contributed by atoms with Crippen LogP contribution >= 0.6 is 0 Å². The highest BCUT2D eigenvalue weighted by Gasteiger charge is 2.12. The van der Waals surface area contributed by atoms with Gasteiger partial charge in [-0.25, -0.2) is 0 Å². The Bertz CT molecular complexity index is 738. The van der Waals surface area contributed by atoms with Crippen LogP contribution in [-0.4, -0.2) is 15.2 Å². The number of phenols is 1. The van der Waals surface area contributed by atoms with Crippen LogP contribution in [-0.2, 0) is 6.61 Å². The third-order valence-electron chi connectivity index (χ3n) is 3.02. The Balaban J connectivity index is 1.74. The van der Waals surface area contributed by atoms with Gasteiger partial charge in [0, 0.05) is 5.56 Å². The fraction of sp³-hybridized carbons (Fsp3) is 0.125. The molecule has 0 bridgehead atoms. The van der Waals surface area contributed by atoms with Crippen LogP contribution in [0.3, 0.4) is 0 Å². The summed E-state index contributed by atoms with van der Waals surface area (Å²) in [5.41, 5.74) is 1.67. The SMILES string of the molecule is Cc1cc(O)ccc1-c1nc(COc2ccccc2)no1. The smallest absolute Gasteiger partial charge is 0.258 e. The van der Waals surface area contributed by atoms with Crippen LogP contribution in [0.25, 0.3) is 11.5 Å². The highest BCUT2D eigenvalue weighted by molar-refractivity contribution is 5.59. The van der Waals surface area contributed by atoms with Gasteiger partial charge in [0.05, 0.1) is 0 Å². The van der Waals surface area contributed by atoms with Crippen molar-refractivity contribution in [3.8, 4) is 23.0 Å². The molecule has 5 nitrogen and oxygen atoms in total. The molecule has 5 heteroatoms. The fourth-order valence-electron chi connectivity index (χ4n) is 1.97. The number of aromatic nitrogens is 2. The third kappa shape index (κ3) is 3.02. The number of ether oxygens (including phenoxy) is 1. The molecule has 0 saturated heterocycles. The minimum absolute atomic E-state index is 0.211. The van der Waals surface area contributed by atoms with E-state index in [1.807, 2.05) is 37.3 Å². The van der Waals surface area contributed by atoms with Gasteiger partial charge in [-0.2, -0.15) is 4.98 Å². The molecule has 0 atom stereocenters. The van der Waals surface area contributed by atoms with E-state index in [0.29, 0.717) is 11.7 Å². The van der Waals surface area contributed by atoms with Crippen molar-refractivity contribution in [2.24, 2.45) is 0 Å². The molecule has 1 N–H and O–H groups in total. The van der Waals surface area contributed by atoms with Crippen molar-refractivity contribution < 1.29 is 14.4 Å². The van der Waals surface area contributed by atoms with E-state index < -0.39 is 0 Å². The van der Waals surface area contributed by atoms with Gasteiger partial charge < -0.3 is 14.4 Å². The molecule has 21 heavy (non-hydrogen) atoms. The standard InChI is InChI=1S/C16H14N2O3/c1-11-9-12(19)7-8-14(11)16-17-15(18-21-16)10-20-13-5-3-2-4-6-13/h2-9,19H,10H2,1H3. The van der Waals surface area contributed by atoms with Gasteiger partial charge in [0.25, 0.3) is 5.89 Å². The molecule has 3 rings (SSSR count). The summed E-state index contributed by atoms with van der Waals surface area (Å²) < 4.78 is 10.8. The monoisotopic (exact) mass is 282 g/mol. The molecule has 2 aromatic carbocycles. The minimum Gasteiger partial charge on any atom is -0.508 e. The zero-order valence-electron chi connectivity index (χ0n) is 11.5. The average molecular weight is 282 g/mol. The summed E-state index contributed by atoms with van der Waals surface area (Å²) >= 11 is 0. The van der Waals surface area contributed by atoms with Crippen LogP contribution in [0.2, 0.25) is 0 Å². The Morgan fingerprint density at radius 3 is 2.71 bits per heavy atom. The lowest BCUT2D eigenvalue weighted by Gasteiger charge is -2.01. The molecule has 0 spiro atoms. The van der Waals surface area contributed by atoms with Crippen LogP contribution in [0.15, 0.2) is 53.1 Å². The minimum atomic E-state index is 0.211. The predicted octanol–water partition coefficient (Wildman–Crippen LogP) is 3.33. The molecule has 0 unspecified atom stereocenters. The molecule has 0 amide bonds. The first-order valence-electron chi connectivity index (χ1n) is 6.53. The first kappa shape index (κ1) is 13.2. The molecule has 0 aliphatic rings. The number of benzene rings is 2. The molecule has 0 radical (unpaired) electrons. The number of aromatic hydroxyl groups is 1. The summed E-state index contributed by atoms with van der Waals surface area (Å²) in [5, 5.41) is 13.3. The molecule has 1 heterocycles. The largest absolute Gasteiger partial charge is 0.508 e. The molecule has 0 saturated carbocycles. The molecule has 0 aliphatic carbocycles. The second kappa shape index (κ2) is 5.66. The van der Waals surface area contributed by atoms with Crippen molar-refractivity contribution in [3.05, 3.63) is 59.9 Å². The molecule has 3 aromatic rings. The van der Waals surface area contributed by atoms with E-state index in [1.54, 1.807) is 18.2 Å². The number of hydrogen-bond acceptors (Lipinski definition) is 5. The summed E-state index contributed by atoms with van der Waals surface area (Å²) in [5.74, 6) is 1.86. The summed E-state index contributed by atoms with van der Waals surface area (Å²) in [7, 11) is 0. The summed E-state index contributed by atoms with van der Waals surface area (Å²) in [4.78, 5) is 4.30. The summed E-state index contributed by atoms with van der Waals surface area (Å²) in [6.07, 6.45) is 0. The number of rotatable bonds is 4. The van der Waals surface area contributed by atoms with E-state index in [4.69, 9.17) is 9.26 Å². The number of aryl methyl sites for hydroxylation is 1. The third-order valence-corrected chi connectivity index (χ3v) is 3.02. The molecular formula is C16H14N2O3. The van der Waals surface area contributed by atoms with Crippen molar-refractivity contribution in [2.75, 3.05) is 0 Å². The average Bonchev–Trinajstić information content (AvgIpc) is 2.95. The Morgan fingerprint density at radius 1 is 1.14 bits per heavy atom. The van der Waals surface area contributed by atoms with E-state index >= 15 is 0 Å². The Labute approximate surface area is 121 Å². The molecule has 1 aromatic heterocycles. The molecule has 0 fully saturated rings. The van der Waals surface area contributed by atoms with E-state index in [-0.39, 0.29) is 12.4 Å². The predicted molar refractivity (Wildman–Crippen MR) is 76.9 cm³/mol. The molecular weight excluding hydrogens is 268 g/mol. The zero-order chi connectivity index (χ0) is 14.7. The Morgan fingerprint density at radius 2 is 1.95 bits per heavy atom. The van der Waals surface area contributed by atoms with Crippen molar-refractivity contribution in [3.63, 3.8) is 0 Å². The molecule has 106 valence electrons. The highest BCUT2D eigenvalue weighted by atomic mass is 16.5. The second-order valence-corrected chi connectivity index (χ2v) is 4.62. The van der Waals surface area contributed by atoms with Crippen molar-refractivity contribution in [1.29, 1.82) is 0 Å². The van der Waals surface area contributed by atoms with Gasteiger partial charge in [-0.05, 0) is 42.8 Å². The summed E-state index contributed by atoms with van der Waals surface area (Å²) in [6.45, 7) is 2.12. The maximum atomic E-state index is 9.41. The first-order valence-corrected chi connectivity index (χ1v) is 6.53. The van der Waals surface area contributed by atoms with Gasteiger partial charge in [0.15, 0.2) is 6.61 Å². The topological polar surface area (TPSA) is 68.4 Å². The zero-order valence-corrected chi connectivity index (χ0v) is 11.5. The number of phenolic OH excluding ortho intramolecular Hbond substituents is 1. The van der Waals surface area contributed by atoms with E-state index in [0.717, 1.165) is 16.9 Å². The lowest BCUT2D eigenvalue weighted by atomic mass is 10.1. The van der Waals surface area contributed by atoms with E-state index in [1.165, 1.54) is 0 Å². The Kier molecular flexibility index (Phi) is 3.55. The number of hydrogen-bond donors (Lipinski definition) is 1. The lowest BCUT2D eigenvalue weighted by Crippen LogP contribution is -1.97. The van der Waals surface area contributed by atoms with Crippen LogP contribution in [0.4, 0.5) is 0 Å². The summed E-state index contributed by atoms with van der Waals surface area (Å²) in [6, 6.07) is 14.4. The van der Waals surface area contributed by atoms with Crippen molar-refractivity contribution in [1.82, 2.24) is 10.1 Å². The maximum absolute atomic E-state index is 9.41. The van der Waals surface area contributed by atoms with E-state index in [2.05, 4.69) is 10.1 Å². The first-order chi connectivity index (χ1) is 10.2. The van der Waals surface area contributed by atoms with Gasteiger partial charge in [-0.3, -0.25) is 0 Å². The lowest BCUT2D eigenvalue weighted by molar-refractivity contribution is 0.287. The van der Waals surface area contributed by atoms with E-state index in [9.17, 15) is 5.11 Å². The van der Waals surface area contributed by atoms with Gasteiger partial charge in [0.2, 0.25) is 5.82 Å². The van der Waals surface area contributed by atoms with Crippen LogP contribution in [0.5, 0.6) is 11.5 Å². The quantitative estimate of drug-likeness (QED) is 0.795. The van der Waals surface area contributed by atoms with Crippen molar-refractivity contribution in [2.45, 2.75) is 13.5 Å². The van der Waals surface area contributed by atoms with Gasteiger partial charge in [0.1, 0.15) is 11.5 Å². The van der Waals surface area contributed by atoms with Gasteiger partial charge in [-0.1, -0.05) is 23.4 Å². The van der Waals surface area contributed by atoms with Crippen molar-refractivity contribution >= 4 is 0 Å².